The van der Waals surface area contributed by atoms with Gasteiger partial charge in [-0.1, -0.05) is 23.2 Å². The highest BCUT2D eigenvalue weighted by molar-refractivity contribution is 6.45. The highest BCUT2D eigenvalue weighted by Gasteiger charge is 2.32. The number of hydrogen-bond acceptors (Lipinski definition) is 6. The maximum atomic E-state index is 13.0. The number of H-pyrrole nitrogens is 1. The maximum Gasteiger partial charge on any atom is 0.410 e. The van der Waals surface area contributed by atoms with Crippen LogP contribution in [0.4, 0.5) is 4.79 Å². The second-order valence-corrected chi connectivity index (χ2v) is 8.44. The van der Waals surface area contributed by atoms with Crippen LogP contribution in [0.15, 0.2) is 18.5 Å². The quantitative estimate of drug-likeness (QED) is 0.589. The van der Waals surface area contributed by atoms with E-state index in [0.717, 1.165) is 16.8 Å². The van der Waals surface area contributed by atoms with Gasteiger partial charge in [0.05, 0.1) is 40.2 Å². The summed E-state index contributed by atoms with van der Waals surface area (Å²) in [5.74, 6) is 0.255. The molecule has 1 fully saturated rings. The average molecular weight is 489 g/mol. The minimum atomic E-state index is -0.478. The third kappa shape index (κ3) is 3.63. The number of cyclic esters (lactones) is 1. The van der Waals surface area contributed by atoms with Gasteiger partial charge in [-0.05, 0) is 0 Å². The fraction of sp³-hybridized carbons (Fsp3) is 0.333. The number of nitrogens with zero attached hydrogens (tertiary/aromatic N) is 5. The molecule has 0 spiro atoms. The number of ether oxygens (including phenoxy) is 2. The Morgan fingerprint density at radius 1 is 1.33 bits per heavy atom. The minimum Gasteiger partial charge on any atom is -0.478 e. The summed E-state index contributed by atoms with van der Waals surface area (Å²) in [6.45, 7) is 1.68. The van der Waals surface area contributed by atoms with Gasteiger partial charge in [-0.25, -0.2) is 4.79 Å². The summed E-state index contributed by atoms with van der Waals surface area (Å²) in [7, 11) is 0. The van der Waals surface area contributed by atoms with Crippen LogP contribution in [-0.2, 0) is 22.6 Å². The van der Waals surface area contributed by atoms with Crippen molar-refractivity contribution in [1.82, 2.24) is 24.6 Å². The van der Waals surface area contributed by atoms with Crippen molar-refractivity contribution in [1.29, 1.82) is 5.26 Å². The molecular formula is C21H18Cl2N6O4. The summed E-state index contributed by atoms with van der Waals surface area (Å²) in [5.41, 5.74) is 3.09. The summed E-state index contributed by atoms with van der Waals surface area (Å²) >= 11 is 13.0. The number of hydrogen-bond donors (Lipinski definition) is 1. The number of carbonyl (C=O) groups is 2. The van der Waals surface area contributed by atoms with Crippen molar-refractivity contribution in [3.05, 3.63) is 34.2 Å². The zero-order chi connectivity index (χ0) is 23.1. The molecule has 0 radical (unpaired) electrons. The van der Waals surface area contributed by atoms with Gasteiger partial charge in [-0.3, -0.25) is 14.8 Å². The maximum absolute atomic E-state index is 13.0. The Balaban J connectivity index is 1.61. The number of rotatable bonds is 5. The summed E-state index contributed by atoms with van der Waals surface area (Å²) in [6.07, 6.45) is 2.94. The van der Waals surface area contributed by atoms with Gasteiger partial charge in [0.25, 0.3) is 0 Å². The molecule has 0 saturated carbocycles. The summed E-state index contributed by atoms with van der Waals surface area (Å²) in [6, 6.07) is 3.57. The van der Waals surface area contributed by atoms with Crippen molar-refractivity contribution in [2.24, 2.45) is 0 Å². The van der Waals surface area contributed by atoms with Crippen molar-refractivity contribution in [2.45, 2.75) is 13.1 Å². The van der Waals surface area contributed by atoms with E-state index in [1.54, 1.807) is 23.4 Å². The van der Waals surface area contributed by atoms with E-state index >= 15 is 0 Å². The number of carbonyl (C=O) groups excluding carboxylic acids is 2. The van der Waals surface area contributed by atoms with Gasteiger partial charge in [-0.15, -0.1) is 0 Å². The topological polar surface area (TPSA) is 116 Å². The highest BCUT2D eigenvalue weighted by atomic mass is 35.5. The molecule has 5 rings (SSSR count). The van der Waals surface area contributed by atoms with Crippen LogP contribution in [0, 0.1) is 11.3 Å². The van der Waals surface area contributed by atoms with E-state index in [9.17, 15) is 9.59 Å². The van der Waals surface area contributed by atoms with Crippen LogP contribution in [0.1, 0.15) is 5.69 Å². The Kier molecular flexibility index (Phi) is 5.52. The second kappa shape index (κ2) is 8.50. The van der Waals surface area contributed by atoms with Crippen molar-refractivity contribution in [3.8, 4) is 22.9 Å². The molecule has 2 amide bonds. The Hall–Kier alpha value is -3.42. The van der Waals surface area contributed by atoms with Crippen LogP contribution in [-0.4, -0.2) is 69.4 Å². The SMILES string of the molecule is N#CCOc1cc(Cl)c(Cl)c2c1c(-c1cn[nH]c1)c1n2CCN(C(=O)CN2CCOC2=O)C1. The van der Waals surface area contributed by atoms with Gasteiger partial charge in [0.2, 0.25) is 5.91 Å². The average Bonchev–Trinajstić information content (AvgIpc) is 3.54. The lowest BCUT2D eigenvalue weighted by Gasteiger charge is -2.30. The third-order valence-corrected chi connectivity index (χ3v) is 6.61. The molecule has 1 N–H and O–H groups in total. The normalized spacial score (nSPS) is 15.5. The number of nitrogens with one attached hydrogen (secondary N) is 1. The van der Waals surface area contributed by atoms with E-state index in [0.29, 0.717) is 52.9 Å². The summed E-state index contributed by atoms with van der Waals surface area (Å²) in [5, 5.41) is 17.3. The molecule has 0 aliphatic carbocycles. The molecule has 0 atom stereocenters. The standard InChI is InChI=1S/C21H18Cl2N6O4/c22-13-7-15(32-5-1-24)18-17(12-8-25-26-9-12)14-10-27(2-3-29(14)20(18)19(13)23)16(30)11-28-4-6-33-21(28)31/h7-9H,2-6,10-11H2,(H,25,26). The third-order valence-electron chi connectivity index (χ3n) is 5.83. The molecule has 10 nitrogen and oxygen atoms in total. The molecule has 0 bridgehead atoms. The van der Waals surface area contributed by atoms with E-state index in [1.165, 1.54) is 4.90 Å². The van der Waals surface area contributed by atoms with Gasteiger partial charge in [-0.2, -0.15) is 10.4 Å². The largest absolute Gasteiger partial charge is 0.478 e. The first-order valence-corrected chi connectivity index (χ1v) is 11.0. The first-order valence-electron chi connectivity index (χ1n) is 10.2. The molecule has 2 aliphatic heterocycles. The van der Waals surface area contributed by atoms with Crippen molar-refractivity contribution >= 4 is 46.1 Å². The summed E-state index contributed by atoms with van der Waals surface area (Å²) in [4.78, 5) is 27.9. The van der Waals surface area contributed by atoms with Crippen LogP contribution in [0.3, 0.4) is 0 Å². The van der Waals surface area contributed by atoms with Crippen molar-refractivity contribution in [2.75, 3.05) is 32.8 Å². The van der Waals surface area contributed by atoms with Crippen LogP contribution < -0.4 is 4.74 Å². The number of halogens is 2. The molecule has 1 aromatic carbocycles. The molecule has 33 heavy (non-hydrogen) atoms. The Morgan fingerprint density at radius 2 is 2.18 bits per heavy atom. The smallest absolute Gasteiger partial charge is 0.410 e. The van der Waals surface area contributed by atoms with E-state index in [-0.39, 0.29) is 25.7 Å². The van der Waals surface area contributed by atoms with Gasteiger partial charge < -0.3 is 18.9 Å². The lowest BCUT2D eigenvalue weighted by Crippen LogP contribution is -2.44. The zero-order valence-electron chi connectivity index (χ0n) is 17.3. The molecule has 170 valence electrons. The van der Waals surface area contributed by atoms with Crippen LogP contribution in [0.5, 0.6) is 5.75 Å². The summed E-state index contributed by atoms with van der Waals surface area (Å²) < 4.78 is 12.7. The first-order chi connectivity index (χ1) is 16.0. The molecule has 2 aliphatic rings. The van der Waals surface area contributed by atoms with E-state index in [4.69, 9.17) is 37.9 Å². The van der Waals surface area contributed by atoms with E-state index in [1.807, 2.05) is 10.6 Å². The Labute approximate surface area is 198 Å². The Bertz CT molecular complexity index is 1300. The number of amides is 2. The predicted octanol–water partition coefficient (Wildman–Crippen LogP) is 3.03. The van der Waals surface area contributed by atoms with Gasteiger partial charge >= 0.3 is 6.09 Å². The molecule has 4 heterocycles. The molecule has 3 aromatic rings. The highest BCUT2D eigenvalue weighted by Crippen LogP contribution is 2.47. The van der Waals surface area contributed by atoms with Crippen molar-refractivity contribution < 1.29 is 19.1 Å². The molecule has 1 saturated heterocycles. The van der Waals surface area contributed by atoms with Crippen LogP contribution in [0.25, 0.3) is 22.0 Å². The lowest BCUT2D eigenvalue weighted by atomic mass is 10.0. The lowest BCUT2D eigenvalue weighted by molar-refractivity contribution is -0.133. The molecule has 0 unspecified atom stereocenters. The predicted molar refractivity (Wildman–Crippen MR) is 119 cm³/mol. The van der Waals surface area contributed by atoms with Crippen LogP contribution in [0.2, 0.25) is 10.0 Å². The fourth-order valence-corrected chi connectivity index (χ4v) is 4.80. The first kappa shape index (κ1) is 21.4. The monoisotopic (exact) mass is 488 g/mol. The zero-order valence-corrected chi connectivity index (χ0v) is 18.8. The molecule has 12 heteroatoms. The number of aromatic nitrogens is 3. The molecule has 2 aromatic heterocycles. The number of aromatic amines is 1. The number of fused-ring (bicyclic) bond motifs is 3. The number of benzene rings is 1. The van der Waals surface area contributed by atoms with Crippen LogP contribution >= 0.6 is 23.2 Å². The number of nitriles is 1. The minimum absolute atomic E-state index is 0.0385. The van der Waals surface area contributed by atoms with E-state index < -0.39 is 6.09 Å². The Morgan fingerprint density at radius 3 is 2.88 bits per heavy atom. The van der Waals surface area contributed by atoms with E-state index in [2.05, 4.69) is 10.2 Å². The van der Waals surface area contributed by atoms with Gasteiger partial charge in [0.15, 0.2) is 6.61 Å². The van der Waals surface area contributed by atoms with Crippen molar-refractivity contribution in [3.63, 3.8) is 0 Å². The van der Waals surface area contributed by atoms with Gasteiger partial charge in [0.1, 0.15) is 25.0 Å². The fourth-order valence-electron chi connectivity index (χ4n) is 4.36. The second-order valence-electron chi connectivity index (χ2n) is 7.65. The van der Waals surface area contributed by atoms with Gasteiger partial charge in [0, 0.05) is 42.2 Å². The molecular weight excluding hydrogens is 471 g/mol.